The largest absolute Gasteiger partial charge is 0.502 e. The van der Waals surface area contributed by atoms with Gasteiger partial charge in [0.25, 0.3) is 0 Å². The van der Waals surface area contributed by atoms with Gasteiger partial charge in [-0.25, -0.2) is 4.39 Å². The molecule has 38 heavy (non-hydrogen) atoms. The van der Waals surface area contributed by atoms with Crippen molar-refractivity contribution in [3.63, 3.8) is 0 Å². The van der Waals surface area contributed by atoms with Crippen LogP contribution in [0, 0.1) is 35.4 Å². The van der Waals surface area contributed by atoms with E-state index >= 15 is 0 Å². The second-order valence-corrected chi connectivity index (χ2v) is 12.4. The molecule has 2 saturated carbocycles. The molecule has 7 rings (SSSR count). The van der Waals surface area contributed by atoms with Gasteiger partial charge in [0.1, 0.15) is 5.82 Å². The van der Waals surface area contributed by atoms with Gasteiger partial charge in [-0.2, -0.15) is 0 Å². The van der Waals surface area contributed by atoms with Crippen LogP contribution >= 0.6 is 23.1 Å². The Balaban J connectivity index is 1.34. The minimum Gasteiger partial charge on any atom is -0.502 e. The molecule has 2 aliphatic carbocycles. The van der Waals surface area contributed by atoms with E-state index in [1.54, 1.807) is 23.9 Å². The van der Waals surface area contributed by atoms with Gasteiger partial charge in [0.05, 0.1) is 36.8 Å². The Morgan fingerprint density at radius 1 is 1.00 bits per heavy atom. The summed E-state index contributed by atoms with van der Waals surface area (Å²) >= 11 is 2.75. The van der Waals surface area contributed by atoms with Gasteiger partial charge in [0, 0.05) is 16.0 Å². The number of anilines is 1. The molecular formula is C27H23FN2O6S2. The highest BCUT2D eigenvalue weighted by atomic mass is 32.2. The zero-order valence-electron chi connectivity index (χ0n) is 20.3. The SMILES string of the molecule is COc1cc([C@@H]2c3sc(=O)[nH]c3S[C@@H]3[C@@H]4C[C@@H]([C@@H]5C(=O)N(c6ccc(F)cc6)C(=O)[C@@H]45)[C@@H]23)cc(OC)c1O. The van der Waals surface area contributed by atoms with E-state index in [1.807, 2.05) is 0 Å². The van der Waals surface area contributed by atoms with Crippen molar-refractivity contribution in [1.29, 1.82) is 0 Å². The molecule has 2 N–H and O–H groups in total. The third-order valence-electron chi connectivity index (χ3n) is 8.67. The number of thioether (sulfide) groups is 1. The number of benzene rings is 2. The number of thiazole rings is 1. The van der Waals surface area contributed by atoms with Crippen molar-refractivity contribution in [2.45, 2.75) is 22.6 Å². The van der Waals surface area contributed by atoms with Gasteiger partial charge >= 0.3 is 4.87 Å². The molecule has 3 fully saturated rings. The predicted molar refractivity (Wildman–Crippen MR) is 139 cm³/mol. The number of aromatic hydroxyl groups is 1. The van der Waals surface area contributed by atoms with E-state index in [-0.39, 0.29) is 62.9 Å². The number of H-pyrrole nitrogens is 1. The third-order valence-corrected chi connectivity index (χ3v) is 11.3. The zero-order chi connectivity index (χ0) is 26.5. The fraction of sp³-hybridized carbons (Fsp3) is 0.370. The first-order valence-electron chi connectivity index (χ1n) is 12.3. The zero-order valence-corrected chi connectivity index (χ0v) is 22.0. The summed E-state index contributed by atoms with van der Waals surface area (Å²) in [7, 11) is 2.93. The lowest BCUT2D eigenvalue weighted by molar-refractivity contribution is -0.123. The third kappa shape index (κ3) is 3.11. The summed E-state index contributed by atoms with van der Waals surface area (Å²) in [5, 5.41) is 11.3. The lowest BCUT2D eigenvalue weighted by atomic mass is 9.68. The van der Waals surface area contributed by atoms with Gasteiger partial charge in [-0.3, -0.25) is 19.3 Å². The molecule has 7 atom stereocenters. The number of rotatable bonds is 4. The number of nitrogens with zero attached hydrogens (tertiary/aromatic N) is 1. The van der Waals surface area contributed by atoms with Gasteiger partial charge in [-0.1, -0.05) is 11.3 Å². The van der Waals surface area contributed by atoms with Crippen molar-refractivity contribution in [2.24, 2.45) is 29.6 Å². The monoisotopic (exact) mass is 554 g/mol. The van der Waals surface area contributed by atoms with Crippen LogP contribution in [0.3, 0.4) is 0 Å². The summed E-state index contributed by atoms with van der Waals surface area (Å²) in [4.78, 5) is 44.8. The molecule has 2 aromatic carbocycles. The number of hydrogen-bond donors (Lipinski definition) is 2. The van der Waals surface area contributed by atoms with Crippen LogP contribution in [0.5, 0.6) is 17.2 Å². The van der Waals surface area contributed by atoms with Crippen LogP contribution in [-0.4, -0.2) is 41.4 Å². The first kappa shape index (κ1) is 23.8. The summed E-state index contributed by atoms with van der Waals surface area (Å²) in [5.41, 5.74) is 1.21. The van der Waals surface area contributed by atoms with Gasteiger partial charge in [-0.15, -0.1) is 11.8 Å². The van der Waals surface area contributed by atoms with Crippen molar-refractivity contribution in [1.82, 2.24) is 4.98 Å². The molecule has 0 unspecified atom stereocenters. The number of hydrogen-bond acceptors (Lipinski definition) is 8. The molecule has 2 bridgehead atoms. The molecule has 2 amide bonds. The maximum Gasteiger partial charge on any atom is 0.305 e. The molecule has 8 nitrogen and oxygen atoms in total. The van der Waals surface area contributed by atoms with Crippen molar-refractivity contribution in [3.05, 3.63) is 62.3 Å². The number of phenolic OH excluding ortho intramolecular Hbond substituents is 1. The number of fused-ring (bicyclic) bond motifs is 9. The number of imide groups is 1. The molecule has 3 aromatic rings. The smallest absolute Gasteiger partial charge is 0.305 e. The van der Waals surface area contributed by atoms with Crippen LogP contribution < -0.4 is 19.2 Å². The molecule has 11 heteroatoms. The number of carbonyl (C=O) groups is 2. The quantitative estimate of drug-likeness (QED) is 0.470. The standard InChI is InChI=1S/C27H23FN2O6S2/c1-35-15-7-10(8-16(36-2)21(15)31)17-18-13-9-14(22(18)37-24-23(17)38-27(34)29-24)20-19(13)25(32)30(26(20)33)12-5-3-11(28)4-6-12/h3-8,13-14,17-20,22,31H,9H2,1-2H3,(H,29,34)/t13-,14-,17+,18+,19+,20+,22-/m1/s1. The van der Waals surface area contributed by atoms with Crippen molar-refractivity contribution < 1.29 is 28.6 Å². The number of phenols is 1. The van der Waals surface area contributed by atoms with Crippen molar-refractivity contribution >= 4 is 40.6 Å². The van der Waals surface area contributed by atoms with Crippen LogP contribution in [0.2, 0.25) is 0 Å². The number of amides is 2. The highest BCUT2D eigenvalue weighted by Crippen LogP contribution is 2.69. The number of carbonyl (C=O) groups excluding carboxylic acids is 2. The lowest BCUT2D eigenvalue weighted by Crippen LogP contribution is -2.42. The minimum absolute atomic E-state index is 0.0136. The number of ether oxygens (including phenoxy) is 2. The number of aromatic nitrogens is 1. The lowest BCUT2D eigenvalue weighted by Gasteiger charge is -2.43. The van der Waals surface area contributed by atoms with E-state index in [2.05, 4.69) is 4.98 Å². The highest BCUT2D eigenvalue weighted by Gasteiger charge is 2.69. The summed E-state index contributed by atoms with van der Waals surface area (Å²) in [6, 6.07) is 8.97. The Labute approximate surface area is 224 Å². The summed E-state index contributed by atoms with van der Waals surface area (Å²) < 4.78 is 24.4. The molecule has 1 aromatic heterocycles. The Morgan fingerprint density at radius 2 is 1.63 bits per heavy atom. The van der Waals surface area contributed by atoms with Gasteiger partial charge in [0.15, 0.2) is 11.5 Å². The maximum atomic E-state index is 13.8. The Kier molecular flexibility index (Phi) is 5.22. The molecule has 4 aliphatic rings. The second-order valence-electron chi connectivity index (χ2n) is 10.2. The fourth-order valence-electron chi connectivity index (χ4n) is 7.33. The topological polar surface area (TPSA) is 109 Å². The highest BCUT2D eigenvalue weighted by molar-refractivity contribution is 8.00. The van der Waals surface area contributed by atoms with E-state index in [4.69, 9.17) is 9.47 Å². The number of aromatic amines is 1. The van der Waals surface area contributed by atoms with Crippen LogP contribution in [0.1, 0.15) is 22.8 Å². The van der Waals surface area contributed by atoms with Crippen LogP contribution in [0.25, 0.3) is 0 Å². The Hall–Kier alpha value is -3.31. The maximum absolute atomic E-state index is 13.8. The van der Waals surface area contributed by atoms with Gasteiger partial charge in [0.2, 0.25) is 17.6 Å². The molecule has 0 spiro atoms. The van der Waals surface area contributed by atoms with E-state index < -0.39 is 17.7 Å². The van der Waals surface area contributed by atoms with E-state index in [9.17, 15) is 23.9 Å². The minimum atomic E-state index is -0.472. The van der Waals surface area contributed by atoms with Crippen LogP contribution in [0.4, 0.5) is 10.1 Å². The molecule has 196 valence electrons. The normalized spacial score (nSPS) is 30.8. The molecule has 0 radical (unpaired) electrons. The fourth-order valence-corrected chi connectivity index (χ4v) is 10.2. The van der Waals surface area contributed by atoms with Crippen LogP contribution in [0.15, 0.2) is 46.2 Å². The summed E-state index contributed by atoms with van der Waals surface area (Å²) in [6.45, 7) is 0. The average molecular weight is 555 g/mol. The van der Waals surface area contributed by atoms with E-state index in [0.29, 0.717) is 5.69 Å². The summed E-state index contributed by atoms with van der Waals surface area (Å²) in [6.07, 6.45) is 0.744. The van der Waals surface area contributed by atoms with E-state index in [1.165, 1.54) is 43.4 Å². The molecule has 1 saturated heterocycles. The van der Waals surface area contributed by atoms with E-state index in [0.717, 1.165) is 33.2 Å². The summed E-state index contributed by atoms with van der Waals surface area (Å²) in [5.74, 6) is -1.79. The number of halogens is 1. The van der Waals surface area contributed by atoms with Crippen LogP contribution in [-0.2, 0) is 9.59 Å². The Bertz CT molecular complexity index is 1530. The molecular weight excluding hydrogens is 531 g/mol. The second kappa shape index (κ2) is 8.34. The average Bonchev–Trinajstić information content (AvgIpc) is 3.64. The molecule has 3 heterocycles. The first-order chi connectivity index (χ1) is 18.3. The van der Waals surface area contributed by atoms with Gasteiger partial charge < -0.3 is 19.6 Å². The van der Waals surface area contributed by atoms with Crippen molar-refractivity contribution in [3.8, 4) is 17.2 Å². The molecule has 2 aliphatic heterocycles. The predicted octanol–water partition coefficient (Wildman–Crippen LogP) is 3.98. The first-order valence-corrected chi connectivity index (χ1v) is 14.0. The Morgan fingerprint density at radius 3 is 2.26 bits per heavy atom. The number of nitrogens with one attached hydrogen (secondary N) is 1. The van der Waals surface area contributed by atoms with Gasteiger partial charge in [-0.05, 0) is 66.1 Å². The number of methoxy groups -OCH3 is 2. The van der Waals surface area contributed by atoms with Crippen molar-refractivity contribution in [2.75, 3.05) is 19.1 Å².